The Morgan fingerprint density at radius 2 is 1.88 bits per heavy atom. The summed E-state index contributed by atoms with van der Waals surface area (Å²) in [5.41, 5.74) is -1.28. The molecule has 16 heavy (non-hydrogen) atoms. The van der Waals surface area contributed by atoms with Gasteiger partial charge in [0.2, 0.25) is 10.0 Å². The van der Waals surface area contributed by atoms with Crippen LogP contribution < -0.4 is 4.72 Å². The number of rotatable bonds is 2. The van der Waals surface area contributed by atoms with E-state index in [4.69, 9.17) is 11.6 Å². The number of hydrogen-bond donors (Lipinski definition) is 1. The van der Waals surface area contributed by atoms with Gasteiger partial charge in [0.15, 0.2) is 0 Å². The van der Waals surface area contributed by atoms with Gasteiger partial charge >= 0.3 is 6.18 Å². The lowest BCUT2D eigenvalue weighted by atomic mass is 10.2. The van der Waals surface area contributed by atoms with Crippen LogP contribution in [0.15, 0.2) is 23.1 Å². The van der Waals surface area contributed by atoms with Crippen molar-refractivity contribution in [2.24, 2.45) is 0 Å². The summed E-state index contributed by atoms with van der Waals surface area (Å²) in [6.45, 7) is 0. The largest absolute Gasteiger partial charge is 0.417 e. The van der Waals surface area contributed by atoms with Crippen LogP contribution in [0, 0.1) is 0 Å². The average Bonchev–Trinajstić information content (AvgIpc) is 2.15. The van der Waals surface area contributed by atoms with Crippen LogP contribution in [-0.4, -0.2) is 15.5 Å². The first-order valence-electron chi connectivity index (χ1n) is 3.99. The summed E-state index contributed by atoms with van der Waals surface area (Å²) in [4.78, 5) is -0.952. The summed E-state index contributed by atoms with van der Waals surface area (Å²) in [6, 6.07) is 2.79. The van der Waals surface area contributed by atoms with Crippen LogP contribution in [0.5, 0.6) is 0 Å². The predicted octanol–water partition coefficient (Wildman–Crippen LogP) is 2.27. The Bertz CT molecular complexity index is 498. The maximum absolute atomic E-state index is 12.5. The highest BCUT2D eigenvalue weighted by molar-refractivity contribution is 7.89. The molecule has 0 aromatic heterocycles. The molecular formula is C8H7ClF3NO2S. The van der Waals surface area contributed by atoms with Gasteiger partial charge in [0, 0.05) is 0 Å². The summed E-state index contributed by atoms with van der Waals surface area (Å²) in [5, 5.41) is -0.468. The molecule has 0 amide bonds. The molecule has 0 bridgehead atoms. The van der Waals surface area contributed by atoms with E-state index in [0.29, 0.717) is 6.07 Å². The second-order valence-corrected chi connectivity index (χ2v) is 5.05. The molecule has 0 atom stereocenters. The molecule has 0 aliphatic carbocycles. The van der Waals surface area contributed by atoms with Gasteiger partial charge in [-0.25, -0.2) is 13.1 Å². The minimum Gasteiger partial charge on any atom is -0.214 e. The Hall–Kier alpha value is -0.790. The number of nitrogens with one attached hydrogen (secondary N) is 1. The van der Waals surface area contributed by atoms with Crippen molar-refractivity contribution < 1.29 is 21.6 Å². The molecule has 0 unspecified atom stereocenters. The fraction of sp³-hybridized carbons (Fsp3) is 0.250. The highest BCUT2D eigenvalue weighted by Crippen LogP contribution is 2.37. The zero-order chi connectivity index (χ0) is 12.6. The van der Waals surface area contributed by atoms with Crippen molar-refractivity contribution in [1.29, 1.82) is 0 Å². The van der Waals surface area contributed by atoms with Crippen molar-refractivity contribution in [2.45, 2.75) is 11.1 Å². The van der Waals surface area contributed by atoms with Crippen LogP contribution >= 0.6 is 11.6 Å². The first-order chi connectivity index (χ1) is 7.20. The third-order valence-corrected chi connectivity index (χ3v) is 3.75. The first-order valence-corrected chi connectivity index (χ1v) is 5.85. The smallest absolute Gasteiger partial charge is 0.214 e. The number of benzene rings is 1. The Labute approximate surface area is 95.3 Å². The number of alkyl halides is 3. The molecule has 0 aliphatic rings. The summed E-state index contributed by atoms with van der Waals surface area (Å²) in [7, 11) is -3.23. The van der Waals surface area contributed by atoms with Crippen molar-refractivity contribution in [2.75, 3.05) is 7.05 Å². The van der Waals surface area contributed by atoms with Gasteiger partial charge in [0.1, 0.15) is 4.90 Å². The second-order valence-electron chi connectivity index (χ2n) is 2.82. The Morgan fingerprint density at radius 1 is 1.31 bits per heavy atom. The Balaban J connectivity index is 3.61. The van der Waals surface area contributed by atoms with Crippen LogP contribution in [0.25, 0.3) is 0 Å². The quantitative estimate of drug-likeness (QED) is 0.898. The monoisotopic (exact) mass is 273 g/mol. The van der Waals surface area contributed by atoms with Crippen molar-refractivity contribution >= 4 is 21.6 Å². The van der Waals surface area contributed by atoms with Crippen LogP contribution in [0.4, 0.5) is 13.2 Å². The van der Waals surface area contributed by atoms with Crippen LogP contribution in [0.2, 0.25) is 5.02 Å². The van der Waals surface area contributed by atoms with E-state index in [1.54, 1.807) is 4.72 Å². The average molecular weight is 274 g/mol. The molecule has 1 N–H and O–H groups in total. The molecular weight excluding hydrogens is 267 g/mol. The highest BCUT2D eigenvalue weighted by Gasteiger charge is 2.38. The van der Waals surface area contributed by atoms with Crippen LogP contribution in [-0.2, 0) is 16.2 Å². The Morgan fingerprint density at radius 3 is 2.31 bits per heavy atom. The third kappa shape index (κ3) is 2.47. The van der Waals surface area contributed by atoms with E-state index in [9.17, 15) is 21.6 Å². The van der Waals surface area contributed by atoms with Gasteiger partial charge in [0.25, 0.3) is 0 Å². The predicted molar refractivity (Wildman–Crippen MR) is 52.7 cm³/mol. The van der Waals surface area contributed by atoms with E-state index in [2.05, 4.69) is 0 Å². The Kier molecular flexibility index (Phi) is 3.51. The van der Waals surface area contributed by atoms with E-state index < -0.39 is 31.7 Å². The molecule has 8 heteroatoms. The fourth-order valence-electron chi connectivity index (χ4n) is 1.11. The van der Waals surface area contributed by atoms with Gasteiger partial charge in [-0.05, 0) is 19.2 Å². The second kappa shape index (κ2) is 4.23. The molecule has 0 saturated heterocycles. The molecule has 0 saturated carbocycles. The summed E-state index contributed by atoms with van der Waals surface area (Å²) < 4.78 is 62.2. The normalized spacial score (nSPS) is 12.8. The standard InChI is InChI=1S/C8H7ClF3NO2S/c1-13-16(14,15)7-5(8(10,11)12)3-2-4-6(7)9/h2-4,13H,1H3. The lowest BCUT2D eigenvalue weighted by molar-refractivity contribution is -0.139. The van der Waals surface area contributed by atoms with Crippen molar-refractivity contribution in [3.8, 4) is 0 Å². The van der Waals surface area contributed by atoms with Gasteiger partial charge in [-0.1, -0.05) is 17.7 Å². The molecule has 0 aliphatic heterocycles. The number of sulfonamides is 1. The minimum atomic E-state index is -4.77. The van der Waals surface area contributed by atoms with Gasteiger partial charge in [-0.2, -0.15) is 13.2 Å². The highest BCUT2D eigenvalue weighted by atomic mass is 35.5. The lowest BCUT2D eigenvalue weighted by Crippen LogP contribution is -2.23. The van der Waals surface area contributed by atoms with Crippen LogP contribution in [0.3, 0.4) is 0 Å². The summed E-state index contributed by atoms with van der Waals surface area (Å²) in [6.07, 6.45) is -4.77. The fourth-order valence-corrected chi connectivity index (χ4v) is 2.59. The van der Waals surface area contributed by atoms with Gasteiger partial charge in [-0.15, -0.1) is 0 Å². The topological polar surface area (TPSA) is 46.2 Å². The maximum atomic E-state index is 12.5. The van der Waals surface area contributed by atoms with Crippen LogP contribution in [0.1, 0.15) is 5.56 Å². The molecule has 1 aromatic carbocycles. The zero-order valence-corrected chi connectivity index (χ0v) is 9.54. The molecule has 0 radical (unpaired) electrons. The van der Waals surface area contributed by atoms with Crippen molar-refractivity contribution in [3.05, 3.63) is 28.8 Å². The molecule has 0 fully saturated rings. The summed E-state index contributed by atoms with van der Waals surface area (Å²) >= 11 is 5.48. The first kappa shape index (κ1) is 13.3. The minimum absolute atomic E-state index is 0.468. The SMILES string of the molecule is CNS(=O)(=O)c1c(Cl)cccc1C(F)(F)F. The lowest BCUT2D eigenvalue weighted by Gasteiger charge is -2.13. The molecule has 90 valence electrons. The molecule has 3 nitrogen and oxygen atoms in total. The molecule has 0 heterocycles. The van der Waals surface area contributed by atoms with E-state index in [0.717, 1.165) is 19.2 Å². The van der Waals surface area contributed by atoms with Crippen molar-refractivity contribution in [3.63, 3.8) is 0 Å². The van der Waals surface area contributed by atoms with Crippen molar-refractivity contribution in [1.82, 2.24) is 4.72 Å². The third-order valence-electron chi connectivity index (χ3n) is 1.81. The number of halogens is 4. The molecule has 0 spiro atoms. The van der Waals surface area contributed by atoms with Gasteiger partial charge in [0.05, 0.1) is 10.6 Å². The van der Waals surface area contributed by atoms with E-state index in [1.807, 2.05) is 0 Å². The molecule has 1 rings (SSSR count). The molecule has 1 aromatic rings. The zero-order valence-electron chi connectivity index (χ0n) is 7.97. The van der Waals surface area contributed by atoms with E-state index in [1.165, 1.54) is 0 Å². The summed E-state index contributed by atoms with van der Waals surface area (Å²) in [5.74, 6) is 0. The van der Waals surface area contributed by atoms with E-state index >= 15 is 0 Å². The van der Waals surface area contributed by atoms with Gasteiger partial charge in [-0.3, -0.25) is 0 Å². The van der Waals surface area contributed by atoms with Gasteiger partial charge < -0.3 is 0 Å². The number of hydrogen-bond acceptors (Lipinski definition) is 2. The van der Waals surface area contributed by atoms with E-state index in [-0.39, 0.29) is 0 Å². The maximum Gasteiger partial charge on any atom is 0.417 e.